The Labute approximate surface area is 138 Å². The molecule has 4 heteroatoms. The largest absolute Gasteiger partial charge is 0.383 e. The smallest absolute Gasteiger partial charge is 0.193 e. The van der Waals surface area contributed by atoms with Crippen LogP contribution in [0.3, 0.4) is 0 Å². The van der Waals surface area contributed by atoms with E-state index in [1.165, 1.54) is 5.56 Å². The summed E-state index contributed by atoms with van der Waals surface area (Å²) in [5.74, 6) is 0.0541. The summed E-state index contributed by atoms with van der Waals surface area (Å²) in [7, 11) is 1.67. The van der Waals surface area contributed by atoms with Crippen LogP contribution in [0, 0.1) is 0 Å². The van der Waals surface area contributed by atoms with E-state index in [1.807, 2.05) is 48.5 Å². The molecule has 0 amide bonds. The van der Waals surface area contributed by atoms with Crippen LogP contribution in [0.5, 0.6) is 0 Å². The first-order chi connectivity index (χ1) is 10.2. The van der Waals surface area contributed by atoms with Gasteiger partial charge in [0.1, 0.15) is 0 Å². The molecule has 21 heavy (non-hydrogen) atoms. The Morgan fingerprint density at radius 2 is 1.62 bits per heavy atom. The first kappa shape index (κ1) is 16.0. The molecule has 0 heterocycles. The van der Waals surface area contributed by atoms with Crippen LogP contribution in [0.15, 0.2) is 48.5 Å². The van der Waals surface area contributed by atoms with Crippen LogP contribution in [-0.4, -0.2) is 26.0 Å². The lowest BCUT2D eigenvalue weighted by Crippen LogP contribution is -2.08. The lowest BCUT2D eigenvalue weighted by atomic mass is 10.0. The highest BCUT2D eigenvalue weighted by Gasteiger charge is 2.08. The Balaban J connectivity index is 2.04. The summed E-state index contributed by atoms with van der Waals surface area (Å²) in [4.78, 5) is 12.4. The lowest BCUT2D eigenvalue weighted by molar-refractivity contribution is 0.103. The first-order valence-corrected chi connectivity index (χ1v) is 8.29. The molecule has 0 aliphatic carbocycles. The van der Waals surface area contributed by atoms with Gasteiger partial charge in [0.25, 0.3) is 0 Å². The number of hydrogen-bond donors (Lipinski definition) is 1. The summed E-state index contributed by atoms with van der Waals surface area (Å²) in [6.45, 7) is 1.41. The van der Waals surface area contributed by atoms with E-state index in [2.05, 4.69) is 27.9 Å². The molecule has 2 aromatic rings. The minimum absolute atomic E-state index is 0.0541. The van der Waals surface area contributed by atoms with Crippen LogP contribution < -0.4 is 5.32 Å². The number of ketones is 1. The maximum Gasteiger partial charge on any atom is 0.193 e. The number of halogens is 1. The standard InChI is InChI=1S/C17H18INO2/c1-21-11-10-19-16-8-6-15(7-9-16)17(20)14-4-2-13(12-18)3-5-14/h2-9,19H,10-12H2,1H3. The fraction of sp³-hybridized carbons (Fsp3) is 0.235. The zero-order valence-electron chi connectivity index (χ0n) is 11.9. The average molecular weight is 395 g/mol. The molecular weight excluding hydrogens is 377 g/mol. The van der Waals surface area contributed by atoms with Crippen molar-refractivity contribution in [1.29, 1.82) is 0 Å². The lowest BCUT2D eigenvalue weighted by Gasteiger charge is -2.07. The van der Waals surface area contributed by atoms with E-state index < -0.39 is 0 Å². The normalized spacial score (nSPS) is 10.4. The molecule has 0 saturated heterocycles. The third-order valence-corrected chi connectivity index (χ3v) is 4.03. The summed E-state index contributed by atoms with van der Waals surface area (Å²) >= 11 is 2.31. The van der Waals surface area contributed by atoms with E-state index in [4.69, 9.17) is 4.74 Å². The fourth-order valence-electron chi connectivity index (χ4n) is 1.95. The van der Waals surface area contributed by atoms with Gasteiger partial charge in [0.2, 0.25) is 0 Å². The maximum atomic E-state index is 12.4. The predicted molar refractivity (Wildman–Crippen MR) is 94.4 cm³/mol. The molecule has 0 saturated carbocycles. The topological polar surface area (TPSA) is 38.3 Å². The Bertz CT molecular complexity index is 579. The molecule has 0 spiro atoms. The van der Waals surface area contributed by atoms with Gasteiger partial charge in [-0.3, -0.25) is 4.79 Å². The van der Waals surface area contributed by atoms with E-state index in [0.717, 1.165) is 22.2 Å². The number of benzene rings is 2. The van der Waals surface area contributed by atoms with Crippen LogP contribution in [0.2, 0.25) is 0 Å². The van der Waals surface area contributed by atoms with Gasteiger partial charge in [0, 0.05) is 34.9 Å². The fourth-order valence-corrected chi connectivity index (χ4v) is 2.46. The third kappa shape index (κ3) is 4.54. The van der Waals surface area contributed by atoms with Gasteiger partial charge in [-0.05, 0) is 29.8 Å². The molecular formula is C17H18INO2. The Hall–Kier alpha value is -1.40. The molecule has 0 aromatic heterocycles. The highest BCUT2D eigenvalue weighted by atomic mass is 127. The van der Waals surface area contributed by atoms with Crippen molar-refractivity contribution in [1.82, 2.24) is 0 Å². The zero-order chi connectivity index (χ0) is 15.1. The van der Waals surface area contributed by atoms with Gasteiger partial charge < -0.3 is 10.1 Å². The van der Waals surface area contributed by atoms with Crippen molar-refractivity contribution >= 4 is 34.1 Å². The number of hydrogen-bond acceptors (Lipinski definition) is 3. The molecule has 2 aromatic carbocycles. The molecule has 0 atom stereocenters. The zero-order valence-corrected chi connectivity index (χ0v) is 14.1. The van der Waals surface area contributed by atoms with Crippen LogP contribution in [0.4, 0.5) is 5.69 Å². The molecule has 0 radical (unpaired) electrons. The third-order valence-electron chi connectivity index (χ3n) is 3.15. The number of methoxy groups -OCH3 is 1. The van der Waals surface area contributed by atoms with Gasteiger partial charge in [0.15, 0.2) is 5.78 Å². The molecule has 0 fully saturated rings. The highest BCUT2D eigenvalue weighted by molar-refractivity contribution is 14.1. The summed E-state index contributed by atoms with van der Waals surface area (Å²) in [5, 5.41) is 3.23. The molecule has 0 aliphatic rings. The van der Waals surface area contributed by atoms with Gasteiger partial charge in [-0.1, -0.05) is 46.9 Å². The van der Waals surface area contributed by atoms with Crippen LogP contribution in [-0.2, 0) is 9.16 Å². The molecule has 110 valence electrons. The number of nitrogens with one attached hydrogen (secondary N) is 1. The van der Waals surface area contributed by atoms with Crippen molar-refractivity contribution < 1.29 is 9.53 Å². The summed E-state index contributed by atoms with van der Waals surface area (Å²) < 4.78 is 5.94. The second kappa shape index (κ2) is 8.14. The summed E-state index contributed by atoms with van der Waals surface area (Å²) in [6, 6.07) is 15.3. The van der Waals surface area contributed by atoms with E-state index >= 15 is 0 Å². The summed E-state index contributed by atoms with van der Waals surface area (Å²) in [6.07, 6.45) is 0. The molecule has 0 aliphatic heterocycles. The molecule has 1 N–H and O–H groups in total. The molecule has 2 rings (SSSR count). The highest BCUT2D eigenvalue weighted by Crippen LogP contribution is 2.15. The second-order valence-electron chi connectivity index (χ2n) is 4.66. The van der Waals surface area contributed by atoms with E-state index in [0.29, 0.717) is 12.2 Å². The quantitative estimate of drug-likeness (QED) is 0.334. The monoisotopic (exact) mass is 395 g/mol. The number of carbonyl (C=O) groups is 1. The molecule has 3 nitrogen and oxygen atoms in total. The molecule has 0 bridgehead atoms. The van der Waals surface area contributed by atoms with Crippen LogP contribution in [0.1, 0.15) is 21.5 Å². The SMILES string of the molecule is COCCNc1ccc(C(=O)c2ccc(CI)cc2)cc1. The number of alkyl halides is 1. The Morgan fingerprint density at radius 1 is 1.05 bits per heavy atom. The van der Waals surface area contributed by atoms with Gasteiger partial charge >= 0.3 is 0 Å². The number of rotatable bonds is 7. The van der Waals surface area contributed by atoms with E-state index in [-0.39, 0.29) is 5.78 Å². The van der Waals surface area contributed by atoms with Crippen molar-refractivity contribution in [2.75, 3.05) is 25.6 Å². The number of anilines is 1. The average Bonchev–Trinajstić information content (AvgIpc) is 2.55. The minimum Gasteiger partial charge on any atom is -0.383 e. The first-order valence-electron chi connectivity index (χ1n) is 6.77. The summed E-state index contributed by atoms with van der Waals surface area (Å²) in [5.41, 5.74) is 3.65. The van der Waals surface area contributed by atoms with Crippen molar-refractivity contribution in [2.45, 2.75) is 4.43 Å². The number of carbonyl (C=O) groups excluding carboxylic acids is 1. The Morgan fingerprint density at radius 3 is 2.14 bits per heavy atom. The minimum atomic E-state index is 0.0541. The van der Waals surface area contributed by atoms with Crippen molar-refractivity contribution in [2.24, 2.45) is 0 Å². The van der Waals surface area contributed by atoms with E-state index in [1.54, 1.807) is 7.11 Å². The van der Waals surface area contributed by atoms with Gasteiger partial charge in [0.05, 0.1) is 6.61 Å². The van der Waals surface area contributed by atoms with Crippen molar-refractivity contribution in [3.63, 3.8) is 0 Å². The van der Waals surface area contributed by atoms with E-state index in [9.17, 15) is 4.79 Å². The second-order valence-corrected chi connectivity index (χ2v) is 5.42. The number of ether oxygens (including phenoxy) is 1. The van der Waals surface area contributed by atoms with Gasteiger partial charge in [-0.2, -0.15) is 0 Å². The van der Waals surface area contributed by atoms with Gasteiger partial charge in [-0.25, -0.2) is 0 Å². The Kier molecular flexibility index (Phi) is 6.20. The van der Waals surface area contributed by atoms with Gasteiger partial charge in [-0.15, -0.1) is 0 Å². The van der Waals surface area contributed by atoms with Crippen molar-refractivity contribution in [3.8, 4) is 0 Å². The van der Waals surface area contributed by atoms with Crippen LogP contribution in [0.25, 0.3) is 0 Å². The van der Waals surface area contributed by atoms with Crippen molar-refractivity contribution in [3.05, 3.63) is 65.2 Å². The molecule has 0 unspecified atom stereocenters. The maximum absolute atomic E-state index is 12.4. The predicted octanol–water partition coefficient (Wildman–Crippen LogP) is 3.91. The van der Waals surface area contributed by atoms with Crippen LogP contribution >= 0.6 is 22.6 Å².